The molecule has 2 aromatic heterocycles. The van der Waals surface area contributed by atoms with Crippen molar-refractivity contribution in [3.63, 3.8) is 0 Å². The molecule has 0 fully saturated rings. The van der Waals surface area contributed by atoms with E-state index < -0.39 is 5.97 Å². The Morgan fingerprint density at radius 3 is 2.95 bits per heavy atom. The lowest BCUT2D eigenvalue weighted by Crippen LogP contribution is -2.22. The summed E-state index contributed by atoms with van der Waals surface area (Å²) < 4.78 is 1.57. The highest BCUT2D eigenvalue weighted by molar-refractivity contribution is 5.88. The minimum Gasteiger partial charge on any atom is -0.478 e. The number of aromatic nitrogens is 3. The van der Waals surface area contributed by atoms with Gasteiger partial charge in [0.1, 0.15) is 5.56 Å². The van der Waals surface area contributed by atoms with E-state index in [1.54, 1.807) is 17.9 Å². The van der Waals surface area contributed by atoms with Gasteiger partial charge in [-0.15, -0.1) is 0 Å². The monoisotopic (exact) mass is 260 g/mol. The summed E-state index contributed by atoms with van der Waals surface area (Å²) in [5.41, 5.74) is 1.79. The van der Waals surface area contributed by atoms with Gasteiger partial charge in [-0.05, 0) is 19.1 Å². The molecular formula is C13H16N4O2. The van der Waals surface area contributed by atoms with E-state index in [-0.39, 0.29) is 11.6 Å². The van der Waals surface area contributed by atoms with Crippen molar-refractivity contribution >= 4 is 5.97 Å². The number of aryl methyl sites for hydroxylation is 1. The van der Waals surface area contributed by atoms with E-state index in [0.29, 0.717) is 12.2 Å². The summed E-state index contributed by atoms with van der Waals surface area (Å²) in [5, 5.41) is 16.3. The van der Waals surface area contributed by atoms with Gasteiger partial charge in [-0.1, -0.05) is 6.07 Å². The van der Waals surface area contributed by atoms with Gasteiger partial charge in [0, 0.05) is 25.8 Å². The van der Waals surface area contributed by atoms with Gasteiger partial charge in [0.25, 0.3) is 0 Å². The number of hydrogen-bond acceptors (Lipinski definition) is 4. The fourth-order valence-electron chi connectivity index (χ4n) is 1.84. The Bertz CT molecular complexity index is 565. The maximum atomic E-state index is 11.1. The van der Waals surface area contributed by atoms with Crippen molar-refractivity contribution < 1.29 is 9.90 Å². The summed E-state index contributed by atoms with van der Waals surface area (Å²) in [6.45, 7) is 2.41. The van der Waals surface area contributed by atoms with Crippen molar-refractivity contribution in [3.8, 4) is 0 Å². The standard InChI is InChI=1S/C13H16N4O2/c1-9(11-5-3-4-6-14-11)15-8-12-10(13(18)19)7-16-17(12)2/h3-7,9,15H,8H2,1-2H3,(H,18,19). The van der Waals surface area contributed by atoms with Crippen molar-refractivity contribution in [2.45, 2.75) is 19.5 Å². The van der Waals surface area contributed by atoms with E-state index in [4.69, 9.17) is 5.11 Å². The zero-order valence-electron chi connectivity index (χ0n) is 10.9. The molecule has 0 saturated carbocycles. The maximum Gasteiger partial charge on any atom is 0.339 e. The van der Waals surface area contributed by atoms with E-state index in [0.717, 1.165) is 5.69 Å². The van der Waals surface area contributed by atoms with Gasteiger partial charge < -0.3 is 10.4 Å². The van der Waals surface area contributed by atoms with Crippen LogP contribution in [-0.4, -0.2) is 25.8 Å². The second kappa shape index (κ2) is 5.62. The molecule has 1 unspecified atom stereocenters. The summed E-state index contributed by atoms with van der Waals surface area (Å²) in [5.74, 6) is -0.963. The lowest BCUT2D eigenvalue weighted by Gasteiger charge is -2.13. The van der Waals surface area contributed by atoms with Crippen LogP contribution in [0.2, 0.25) is 0 Å². The average molecular weight is 260 g/mol. The minimum atomic E-state index is -0.963. The molecule has 0 bridgehead atoms. The molecule has 0 saturated heterocycles. The van der Waals surface area contributed by atoms with E-state index in [1.807, 2.05) is 25.1 Å². The van der Waals surface area contributed by atoms with E-state index in [1.165, 1.54) is 6.20 Å². The number of carbonyl (C=O) groups is 1. The van der Waals surface area contributed by atoms with Crippen molar-refractivity contribution in [1.82, 2.24) is 20.1 Å². The Hall–Kier alpha value is -2.21. The third-order valence-corrected chi connectivity index (χ3v) is 3.00. The smallest absolute Gasteiger partial charge is 0.339 e. The lowest BCUT2D eigenvalue weighted by molar-refractivity contribution is 0.0695. The van der Waals surface area contributed by atoms with Gasteiger partial charge >= 0.3 is 5.97 Å². The number of carboxylic acid groups (broad SMARTS) is 1. The first-order valence-electron chi connectivity index (χ1n) is 5.98. The third kappa shape index (κ3) is 2.97. The highest BCUT2D eigenvalue weighted by Crippen LogP contribution is 2.12. The number of aromatic carboxylic acids is 1. The Balaban J connectivity index is 2.07. The van der Waals surface area contributed by atoms with Crippen molar-refractivity contribution in [1.29, 1.82) is 0 Å². The first-order valence-corrected chi connectivity index (χ1v) is 5.98. The van der Waals surface area contributed by atoms with E-state index in [9.17, 15) is 4.79 Å². The van der Waals surface area contributed by atoms with Crippen molar-refractivity contribution in [2.75, 3.05) is 0 Å². The molecule has 1 atom stereocenters. The molecule has 2 heterocycles. The van der Waals surface area contributed by atoms with Gasteiger partial charge in [-0.25, -0.2) is 4.79 Å². The molecule has 6 heteroatoms. The molecule has 0 amide bonds. The van der Waals surface area contributed by atoms with Crippen LogP contribution in [0.3, 0.4) is 0 Å². The summed E-state index contributed by atoms with van der Waals surface area (Å²) in [6, 6.07) is 5.75. The molecule has 2 aromatic rings. The zero-order valence-corrected chi connectivity index (χ0v) is 10.9. The molecule has 19 heavy (non-hydrogen) atoms. The van der Waals surface area contributed by atoms with Crippen LogP contribution in [0.1, 0.15) is 34.7 Å². The molecule has 2 rings (SSSR count). The van der Waals surface area contributed by atoms with Gasteiger partial charge in [-0.3, -0.25) is 9.67 Å². The number of carboxylic acids is 1. The molecule has 0 aromatic carbocycles. The van der Waals surface area contributed by atoms with Gasteiger partial charge in [0.2, 0.25) is 0 Å². The predicted molar refractivity (Wildman–Crippen MR) is 69.7 cm³/mol. The first-order chi connectivity index (χ1) is 9.09. The number of nitrogens with zero attached hydrogens (tertiary/aromatic N) is 3. The highest BCUT2D eigenvalue weighted by Gasteiger charge is 2.15. The molecule has 100 valence electrons. The number of rotatable bonds is 5. The molecule has 0 radical (unpaired) electrons. The SMILES string of the molecule is CC(NCc1c(C(=O)O)cnn1C)c1ccccn1. The number of hydrogen-bond donors (Lipinski definition) is 2. The Morgan fingerprint density at radius 1 is 1.53 bits per heavy atom. The Morgan fingerprint density at radius 2 is 2.32 bits per heavy atom. The third-order valence-electron chi connectivity index (χ3n) is 3.00. The van der Waals surface area contributed by atoms with Crippen LogP contribution in [-0.2, 0) is 13.6 Å². The number of nitrogens with one attached hydrogen (secondary N) is 1. The topological polar surface area (TPSA) is 80.0 Å². The van der Waals surface area contributed by atoms with Crippen LogP contribution in [0.25, 0.3) is 0 Å². The summed E-state index contributed by atoms with van der Waals surface area (Å²) in [6.07, 6.45) is 3.10. The Labute approximate surface area is 111 Å². The Kier molecular flexibility index (Phi) is 3.91. The van der Waals surface area contributed by atoms with Crippen molar-refractivity contribution in [2.24, 2.45) is 7.05 Å². The maximum absolute atomic E-state index is 11.1. The molecule has 2 N–H and O–H groups in total. The quantitative estimate of drug-likeness (QED) is 0.848. The second-order valence-corrected chi connectivity index (χ2v) is 4.29. The molecular weight excluding hydrogens is 244 g/mol. The predicted octanol–water partition coefficient (Wildman–Crippen LogP) is 1.36. The summed E-state index contributed by atoms with van der Waals surface area (Å²) in [4.78, 5) is 15.3. The largest absolute Gasteiger partial charge is 0.478 e. The minimum absolute atomic E-state index is 0.0396. The van der Waals surface area contributed by atoms with Crippen LogP contribution < -0.4 is 5.32 Å². The fourth-order valence-corrected chi connectivity index (χ4v) is 1.84. The van der Waals surface area contributed by atoms with Crippen LogP contribution in [0.4, 0.5) is 0 Å². The van der Waals surface area contributed by atoms with Crippen molar-refractivity contribution in [3.05, 3.63) is 47.5 Å². The summed E-state index contributed by atoms with van der Waals surface area (Å²) in [7, 11) is 1.73. The van der Waals surface area contributed by atoms with Crippen LogP contribution in [0.5, 0.6) is 0 Å². The zero-order chi connectivity index (χ0) is 13.8. The fraction of sp³-hybridized carbons (Fsp3) is 0.308. The van der Waals surface area contributed by atoms with Crippen LogP contribution in [0, 0.1) is 0 Å². The van der Waals surface area contributed by atoms with Gasteiger partial charge in [-0.2, -0.15) is 5.10 Å². The van der Waals surface area contributed by atoms with Crippen LogP contribution in [0.15, 0.2) is 30.6 Å². The summed E-state index contributed by atoms with van der Waals surface area (Å²) >= 11 is 0. The average Bonchev–Trinajstić information content (AvgIpc) is 2.78. The second-order valence-electron chi connectivity index (χ2n) is 4.29. The van der Waals surface area contributed by atoms with Crippen LogP contribution >= 0.6 is 0 Å². The van der Waals surface area contributed by atoms with E-state index in [2.05, 4.69) is 15.4 Å². The molecule has 0 aliphatic rings. The molecule has 6 nitrogen and oxygen atoms in total. The molecule has 0 aliphatic heterocycles. The molecule has 0 aliphatic carbocycles. The number of pyridine rings is 1. The molecule has 0 spiro atoms. The van der Waals surface area contributed by atoms with E-state index >= 15 is 0 Å². The van der Waals surface area contributed by atoms with Gasteiger partial charge in [0.05, 0.1) is 17.6 Å². The first kappa shape index (κ1) is 13.2. The lowest BCUT2D eigenvalue weighted by atomic mass is 10.2. The highest BCUT2D eigenvalue weighted by atomic mass is 16.4. The van der Waals surface area contributed by atoms with Gasteiger partial charge in [0.15, 0.2) is 0 Å². The normalized spacial score (nSPS) is 12.3.